The molecule has 1 amide bonds. The van der Waals surface area contributed by atoms with Crippen LogP contribution in [0.5, 0.6) is 0 Å². The molecule has 0 spiro atoms. The minimum atomic E-state index is -1.10. The zero-order chi connectivity index (χ0) is 25.9. The molecule has 0 bridgehead atoms. The van der Waals surface area contributed by atoms with Gasteiger partial charge in [-0.2, -0.15) is 5.10 Å². The summed E-state index contributed by atoms with van der Waals surface area (Å²) in [5.74, 6) is 0.350. The van der Waals surface area contributed by atoms with Crippen molar-refractivity contribution in [2.45, 2.75) is 0 Å². The van der Waals surface area contributed by atoms with Gasteiger partial charge in [-0.25, -0.2) is 23.9 Å². The lowest BCUT2D eigenvalue weighted by atomic mass is 10.0. The van der Waals surface area contributed by atoms with E-state index in [2.05, 4.69) is 20.6 Å². The number of alkyl halides is 1. The maximum absolute atomic E-state index is 12.8. The Hall–Kier alpha value is -5.38. The van der Waals surface area contributed by atoms with Crippen molar-refractivity contribution >= 4 is 28.7 Å². The van der Waals surface area contributed by atoms with Crippen LogP contribution in [0.15, 0.2) is 102 Å². The molecule has 0 aliphatic heterocycles. The number of anilines is 3. The average molecular weight is 506 g/mol. The molecule has 186 valence electrons. The van der Waals surface area contributed by atoms with Crippen LogP contribution in [0, 0.1) is 0 Å². The molecule has 2 N–H and O–H groups in total. The Morgan fingerprint density at radius 3 is 2.66 bits per heavy atom. The van der Waals surface area contributed by atoms with Gasteiger partial charge in [0, 0.05) is 34.9 Å². The van der Waals surface area contributed by atoms with Crippen LogP contribution in [0.4, 0.5) is 21.7 Å². The Balaban J connectivity index is 1.40. The molecule has 0 saturated carbocycles. The standard InChI is InChI=1S/C28H20FN7O2/c29-15-25(37)32-20-7-4-6-19(14-20)27-26(23-9-1-2-12-36(23)35-27)22-10-11-31-28(34-22)33-21-8-3-5-18(13-21)24-16-30-17-38-24/h1-14,16-17H,15H2,(H,32,37)(H,31,33,34). The number of nitrogens with zero attached hydrogens (tertiary/aromatic N) is 5. The number of carbonyl (C=O) groups is 1. The van der Waals surface area contributed by atoms with Crippen LogP contribution in [0.2, 0.25) is 0 Å². The second kappa shape index (κ2) is 9.94. The van der Waals surface area contributed by atoms with E-state index in [9.17, 15) is 9.18 Å². The minimum Gasteiger partial charge on any atom is -0.444 e. The van der Waals surface area contributed by atoms with Crippen molar-refractivity contribution in [2.24, 2.45) is 0 Å². The van der Waals surface area contributed by atoms with Gasteiger partial charge in [0.25, 0.3) is 5.91 Å². The molecule has 0 saturated heterocycles. The first kappa shape index (κ1) is 23.0. The lowest BCUT2D eigenvalue weighted by Crippen LogP contribution is -2.12. The number of rotatable bonds is 7. The van der Waals surface area contributed by atoms with E-state index in [0.29, 0.717) is 28.8 Å². The number of amides is 1. The van der Waals surface area contributed by atoms with Crippen molar-refractivity contribution in [3.8, 4) is 33.8 Å². The molecule has 0 radical (unpaired) electrons. The second-order valence-electron chi connectivity index (χ2n) is 8.35. The van der Waals surface area contributed by atoms with E-state index in [1.165, 1.54) is 6.39 Å². The molecule has 0 fully saturated rings. The molecule has 4 heterocycles. The molecule has 0 unspecified atom stereocenters. The maximum Gasteiger partial charge on any atom is 0.255 e. The van der Waals surface area contributed by atoms with Crippen LogP contribution >= 0.6 is 0 Å². The fraction of sp³-hybridized carbons (Fsp3) is 0.0357. The van der Waals surface area contributed by atoms with Crippen LogP contribution in [-0.2, 0) is 4.79 Å². The fourth-order valence-electron chi connectivity index (χ4n) is 4.19. The first-order valence-electron chi connectivity index (χ1n) is 11.7. The quantitative estimate of drug-likeness (QED) is 0.284. The minimum absolute atomic E-state index is 0.405. The Bertz CT molecular complexity index is 1750. The summed E-state index contributed by atoms with van der Waals surface area (Å²) >= 11 is 0. The van der Waals surface area contributed by atoms with Gasteiger partial charge in [0.05, 0.1) is 23.0 Å². The van der Waals surface area contributed by atoms with E-state index in [-0.39, 0.29) is 0 Å². The lowest BCUT2D eigenvalue weighted by Gasteiger charge is -2.09. The molecule has 6 aromatic rings. The number of benzene rings is 2. The van der Waals surface area contributed by atoms with Gasteiger partial charge in [-0.1, -0.05) is 30.3 Å². The van der Waals surface area contributed by atoms with Gasteiger partial charge in [0.15, 0.2) is 18.8 Å². The van der Waals surface area contributed by atoms with Crippen LogP contribution in [0.25, 0.3) is 39.4 Å². The van der Waals surface area contributed by atoms with Gasteiger partial charge < -0.3 is 15.1 Å². The highest BCUT2D eigenvalue weighted by molar-refractivity contribution is 5.94. The third-order valence-electron chi connectivity index (χ3n) is 5.83. The molecular weight excluding hydrogens is 485 g/mol. The number of nitrogens with one attached hydrogen (secondary N) is 2. The molecular formula is C28H20FN7O2. The first-order valence-corrected chi connectivity index (χ1v) is 11.7. The van der Waals surface area contributed by atoms with E-state index in [0.717, 1.165) is 27.9 Å². The van der Waals surface area contributed by atoms with Crippen LogP contribution in [0.1, 0.15) is 0 Å². The zero-order valence-corrected chi connectivity index (χ0v) is 19.9. The Kier molecular flexibility index (Phi) is 6.03. The van der Waals surface area contributed by atoms with Crippen molar-refractivity contribution in [1.29, 1.82) is 0 Å². The number of pyridine rings is 1. The summed E-state index contributed by atoms with van der Waals surface area (Å²) in [6.45, 7) is -1.10. The van der Waals surface area contributed by atoms with Crippen LogP contribution in [0.3, 0.4) is 0 Å². The number of hydrogen-bond donors (Lipinski definition) is 2. The number of oxazole rings is 1. The van der Waals surface area contributed by atoms with Crippen molar-refractivity contribution in [1.82, 2.24) is 24.6 Å². The number of fused-ring (bicyclic) bond motifs is 1. The summed E-state index contributed by atoms with van der Waals surface area (Å²) in [6.07, 6.45) is 6.58. The predicted molar refractivity (Wildman–Crippen MR) is 141 cm³/mol. The third kappa shape index (κ3) is 4.58. The van der Waals surface area contributed by atoms with Crippen molar-refractivity contribution in [2.75, 3.05) is 17.3 Å². The molecule has 0 aliphatic carbocycles. The smallest absolute Gasteiger partial charge is 0.255 e. The molecule has 10 heteroatoms. The molecule has 38 heavy (non-hydrogen) atoms. The van der Waals surface area contributed by atoms with Gasteiger partial charge in [-0.15, -0.1) is 0 Å². The Morgan fingerprint density at radius 2 is 1.82 bits per heavy atom. The van der Waals surface area contributed by atoms with E-state index in [1.807, 2.05) is 60.8 Å². The van der Waals surface area contributed by atoms with Gasteiger partial charge in [-0.3, -0.25) is 4.79 Å². The van der Waals surface area contributed by atoms with E-state index < -0.39 is 12.6 Å². The molecule has 2 aromatic carbocycles. The SMILES string of the molecule is O=C(CF)Nc1cccc(-c2nn3ccccc3c2-c2ccnc(Nc3cccc(-c4cnco4)c3)n2)c1. The Morgan fingerprint density at radius 1 is 0.974 bits per heavy atom. The summed E-state index contributed by atoms with van der Waals surface area (Å²) in [6, 6.07) is 22.4. The maximum atomic E-state index is 12.8. The zero-order valence-electron chi connectivity index (χ0n) is 19.9. The monoisotopic (exact) mass is 505 g/mol. The lowest BCUT2D eigenvalue weighted by molar-refractivity contribution is -0.117. The predicted octanol–water partition coefficient (Wildman–Crippen LogP) is 5.76. The van der Waals surface area contributed by atoms with Crippen molar-refractivity contribution in [3.05, 3.63) is 97.8 Å². The van der Waals surface area contributed by atoms with Crippen molar-refractivity contribution in [3.63, 3.8) is 0 Å². The summed E-state index contributed by atoms with van der Waals surface area (Å²) in [5, 5.41) is 10.6. The number of carbonyl (C=O) groups excluding carboxylic acids is 1. The topological polar surface area (TPSA) is 110 Å². The van der Waals surface area contributed by atoms with E-state index >= 15 is 0 Å². The molecule has 9 nitrogen and oxygen atoms in total. The third-order valence-corrected chi connectivity index (χ3v) is 5.83. The van der Waals surface area contributed by atoms with Gasteiger partial charge in [0.2, 0.25) is 5.95 Å². The normalized spacial score (nSPS) is 11.0. The molecule has 4 aromatic heterocycles. The van der Waals surface area contributed by atoms with Crippen LogP contribution < -0.4 is 10.6 Å². The molecule has 6 rings (SSSR count). The van der Waals surface area contributed by atoms with Gasteiger partial charge >= 0.3 is 0 Å². The highest BCUT2D eigenvalue weighted by Gasteiger charge is 2.19. The fourth-order valence-corrected chi connectivity index (χ4v) is 4.19. The largest absolute Gasteiger partial charge is 0.444 e. The van der Waals surface area contributed by atoms with Crippen molar-refractivity contribution < 1.29 is 13.6 Å². The molecule has 0 atom stereocenters. The van der Waals surface area contributed by atoms with Gasteiger partial charge in [0.1, 0.15) is 5.69 Å². The number of aromatic nitrogens is 5. The van der Waals surface area contributed by atoms with E-state index in [1.54, 1.807) is 35.1 Å². The first-order chi connectivity index (χ1) is 18.7. The Labute approximate surface area is 216 Å². The summed E-state index contributed by atoms with van der Waals surface area (Å²) < 4.78 is 19.9. The highest BCUT2D eigenvalue weighted by Crippen LogP contribution is 2.35. The highest BCUT2D eigenvalue weighted by atomic mass is 19.1. The second-order valence-corrected chi connectivity index (χ2v) is 8.35. The number of hydrogen-bond acceptors (Lipinski definition) is 7. The van der Waals surface area contributed by atoms with E-state index in [4.69, 9.17) is 14.5 Å². The summed E-state index contributed by atoms with van der Waals surface area (Å²) in [5.41, 5.74) is 5.82. The van der Waals surface area contributed by atoms with Gasteiger partial charge in [-0.05, 0) is 42.5 Å². The summed E-state index contributed by atoms with van der Waals surface area (Å²) in [4.78, 5) is 24.8. The summed E-state index contributed by atoms with van der Waals surface area (Å²) in [7, 11) is 0. The molecule has 0 aliphatic rings. The number of halogens is 1. The van der Waals surface area contributed by atoms with Crippen LogP contribution in [-0.4, -0.2) is 37.1 Å². The average Bonchev–Trinajstić information content (AvgIpc) is 3.62.